The first-order valence-electron chi connectivity index (χ1n) is 11.2. The van der Waals surface area contributed by atoms with Crippen molar-refractivity contribution in [2.45, 2.75) is 64.1 Å². The highest BCUT2D eigenvalue weighted by molar-refractivity contribution is 5.95. The van der Waals surface area contributed by atoms with Crippen LogP contribution in [0.25, 0.3) is 0 Å². The first kappa shape index (κ1) is 21.5. The Balaban J connectivity index is 1.73. The van der Waals surface area contributed by atoms with Crippen molar-refractivity contribution in [3.63, 3.8) is 0 Å². The van der Waals surface area contributed by atoms with Crippen LogP contribution in [0.3, 0.4) is 0 Å². The summed E-state index contributed by atoms with van der Waals surface area (Å²) >= 11 is 0. The smallest absolute Gasteiger partial charge is 0.254 e. The van der Waals surface area contributed by atoms with Crippen molar-refractivity contribution in [1.82, 2.24) is 9.80 Å². The third kappa shape index (κ3) is 4.10. The normalized spacial score (nSPS) is 25.6. The van der Waals surface area contributed by atoms with Gasteiger partial charge in [-0.3, -0.25) is 9.59 Å². The van der Waals surface area contributed by atoms with Gasteiger partial charge in [0.05, 0.1) is 12.1 Å². The molecule has 2 aromatic carbocycles. The molecule has 164 valence electrons. The molecule has 2 aromatic rings. The van der Waals surface area contributed by atoms with Gasteiger partial charge < -0.3 is 9.80 Å². The summed E-state index contributed by atoms with van der Waals surface area (Å²) < 4.78 is 13.9. The van der Waals surface area contributed by atoms with Crippen LogP contribution in [-0.2, 0) is 11.2 Å². The van der Waals surface area contributed by atoms with Crippen molar-refractivity contribution in [3.05, 3.63) is 71.5 Å². The first-order valence-corrected chi connectivity index (χ1v) is 11.2. The van der Waals surface area contributed by atoms with Gasteiger partial charge in [0.2, 0.25) is 5.91 Å². The number of carbonyl (C=O) groups excluding carboxylic acids is 2. The van der Waals surface area contributed by atoms with E-state index in [0.717, 1.165) is 24.9 Å². The molecule has 0 saturated carbocycles. The van der Waals surface area contributed by atoms with Crippen LogP contribution < -0.4 is 0 Å². The number of hydrogen-bond donors (Lipinski definition) is 0. The second-order valence-corrected chi connectivity index (χ2v) is 9.51. The lowest BCUT2D eigenvalue weighted by atomic mass is 9.87. The van der Waals surface area contributed by atoms with E-state index in [2.05, 4.69) is 6.92 Å². The van der Waals surface area contributed by atoms with E-state index < -0.39 is 5.54 Å². The fraction of sp³-hybridized carbons (Fsp3) is 0.462. The van der Waals surface area contributed by atoms with Crippen LogP contribution in [0.5, 0.6) is 0 Å². The highest BCUT2D eigenvalue weighted by Crippen LogP contribution is 2.44. The van der Waals surface area contributed by atoms with Gasteiger partial charge in [0.15, 0.2) is 0 Å². The summed E-state index contributed by atoms with van der Waals surface area (Å²) in [5.41, 5.74) is 1.02. The molecular weight excluding hydrogens is 391 g/mol. The van der Waals surface area contributed by atoms with Crippen molar-refractivity contribution in [3.8, 4) is 0 Å². The van der Waals surface area contributed by atoms with Gasteiger partial charge in [-0.25, -0.2) is 4.39 Å². The van der Waals surface area contributed by atoms with Gasteiger partial charge in [0.1, 0.15) is 5.82 Å². The molecule has 2 saturated heterocycles. The van der Waals surface area contributed by atoms with Gasteiger partial charge in [-0.05, 0) is 62.4 Å². The molecule has 4 rings (SSSR count). The summed E-state index contributed by atoms with van der Waals surface area (Å²) in [6.45, 7) is 6.69. The van der Waals surface area contributed by atoms with Crippen molar-refractivity contribution < 1.29 is 14.0 Å². The number of nitrogens with zero attached hydrogens (tertiary/aromatic N) is 2. The van der Waals surface area contributed by atoms with Gasteiger partial charge >= 0.3 is 0 Å². The highest BCUT2D eigenvalue weighted by atomic mass is 19.1. The number of fused-ring (bicyclic) bond motifs is 1. The molecule has 2 fully saturated rings. The van der Waals surface area contributed by atoms with Gasteiger partial charge in [-0.15, -0.1) is 0 Å². The number of piperidine rings is 1. The summed E-state index contributed by atoms with van der Waals surface area (Å²) in [5, 5.41) is 0. The average molecular weight is 423 g/mol. The van der Waals surface area contributed by atoms with Crippen LogP contribution in [0.15, 0.2) is 54.6 Å². The molecule has 0 radical (unpaired) electrons. The second kappa shape index (κ2) is 8.45. The molecular formula is C26H31FN2O2. The molecule has 2 aliphatic heterocycles. The predicted octanol–water partition coefficient (Wildman–Crippen LogP) is 4.69. The molecule has 0 aliphatic carbocycles. The van der Waals surface area contributed by atoms with Crippen molar-refractivity contribution in [2.24, 2.45) is 5.92 Å². The van der Waals surface area contributed by atoms with E-state index >= 15 is 0 Å². The quantitative estimate of drug-likeness (QED) is 0.717. The third-order valence-corrected chi connectivity index (χ3v) is 6.80. The van der Waals surface area contributed by atoms with Crippen LogP contribution in [-0.4, -0.2) is 45.8 Å². The van der Waals surface area contributed by atoms with E-state index in [4.69, 9.17) is 0 Å². The maximum absolute atomic E-state index is 13.9. The Hall–Kier alpha value is -2.69. The fourth-order valence-electron chi connectivity index (χ4n) is 5.50. The van der Waals surface area contributed by atoms with Gasteiger partial charge in [-0.2, -0.15) is 0 Å². The minimum Gasteiger partial charge on any atom is -0.337 e. The summed E-state index contributed by atoms with van der Waals surface area (Å²) in [6, 6.07) is 15.9. The molecule has 5 heteroatoms. The number of rotatable bonds is 4. The summed E-state index contributed by atoms with van der Waals surface area (Å²) in [7, 11) is 0. The molecule has 0 spiro atoms. The maximum Gasteiger partial charge on any atom is 0.254 e. The molecule has 31 heavy (non-hydrogen) atoms. The lowest BCUT2D eigenvalue weighted by Gasteiger charge is -2.42. The van der Waals surface area contributed by atoms with E-state index in [1.54, 1.807) is 12.1 Å². The predicted molar refractivity (Wildman–Crippen MR) is 119 cm³/mol. The summed E-state index contributed by atoms with van der Waals surface area (Å²) in [4.78, 5) is 30.7. The van der Waals surface area contributed by atoms with Gasteiger partial charge in [0.25, 0.3) is 5.91 Å². The highest BCUT2D eigenvalue weighted by Gasteiger charge is 2.54. The number of amides is 2. The van der Waals surface area contributed by atoms with Crippen LogP contribution in [0.4, 0.5) is 4.39 Å². The fourth-order valence-corrected chi connectivity index (χ4v) is 5.50. The van der Waals surface area contributed by atoms with Crippen LogP contribution in [0, 0.1) is 11.7 Å². The molecule has 3 atom stereocenters. The largest absolute Gasteiger partial charge is 0.337 e. The Labute approximate surface area is 184 Å². The van der Waals surface area contributed by atoms with Crippen molar-refractivity contribution >= 4 is 11.8 Å². The van der Waals surface area contributed by atoms with E-state index in [-0.39, 0.29) is 35.6 Å². The molecule has 2 amide bonds. The lowest BCUT2D eigenvalue weighted by molar-refractivity contribution is -0.138. The Kier molecular flexibility index (Phi) is 5.87. The Morgan fingerprint density at radius 2 is 1.84 bits per heavy atom. The zero-order valence-corrected chi connectivity index (χ0v) is 18.6. The monoisotopic (exact) mass is 422 g/mol. The zero-order chi connectivity index (χ0) is 22.2. The van der Waals surface area contributed by atoms with Crippen molar-refractivity contribution in [1.29, 1.82) is 0 Å². The van der Waals surface area contributed by atoms with E-state index in [1.165, 1.54) is 6.07 Å². The van der Waals surface area contributed by atoms with Crippen LogP contribution in [0.2, 0.25) is 0 Å². The van der Waals surface area contributed by atoms with E-state index in [9.17, 15) is 14.0 Å². The maximum atomic E-state index is 13.9. The Morgan fingerprint density at radius 3 is 2.52 bits per heavy atom. The Morgan fingerprint density at radius 1 is 1.10 bits per heavy atom. The molecule has 4 nitrogen and oxygen atoms in total. The Bertz CT molecular complexity index is 961. The number of carbonyl (C=O) groups is 2. The minimum atomic E-state index is -0.504. The third-order valence-electron chi connectivity index (χ3n) is 6.80. The zero-order valence-electron chi connectivity index (χ0n) is 18.6. The van der Waals surface area contributed by atoms with E-state index in [1.807, 2.05) is 60.0 Å². The molecule has 2 aliphatic rings. The average Bonchev–Trinajstić information content (AvgIpc) is 3.04. The number of hydrogen-bond acceptors (Lipinski definition) is 2. The minimum absolute atomic E-state index is 0.00475. The summed E-state index contributed by atoms with van der Waals surface area (Å²) in [6.07, 6.45) is 3.02. The number of benzene rings is 2. The second-order valence-electron chi connectivity index (χ2n) is 9.51. The SMILES string of the molecule is CC(C)C(=O)N1CCC[C@H]2[C@@H]1C[C@@](C)(Cc1cccc(F)c1)N2C(=O)c1ccccc1. The molecule has 0 aromatic heterocycles. The molecule has 0 N–H and O–H groups in total. The van der Waals surface area contributed by atoms with Crippen LogP contribution >= 0.6 is 0 Å². The molecule has 2 heterocycles. The summed E-state index contributed by atoms with van der Waals surface area (Å²) in [5.74, 6) is -0.205. The number of likely N-dealkylation sites (tertiary alicyclic amines) is 2. The molecule has 0 unspecified atom stereocenters. The standard InChI is InChI=1S/C26H31FN2O2/c1-18(2)24(30)28-14-8-13-22-23(28)17-26(3,16-19-9-7-12-21(27)15-19)29(22)25(31)20-10-5-4-6-11-20/h4-7,9-12,15,18,22-23H,8,13-14,16-17H2,1-3H3/t22-,23-,26+/m0/s1. The number of halogens is 1. The lowest BCUT2D eigenvalue weighted by Crippen LogP contribution is -2.55. The van der Waals surface area contributed by atoms with Gasteiger partial charge in [-0.1, -0.05) is 44.2 Å². The first-order chi connectivity index (χ1) is 14.8. The van der Waals surface area contributed by atoms with E-state index in [0.29, 0.717) is 18.4 Å². The van der Waals surface area contributed by atoms with Crippen molar-refractivity contribution in [2.75, 3.05) is 6.54 Å². The molecule has 0 bridgehead atoms. The van der Waals surface area contributed by atoms with Crippen LogP contribution in [0.1, 0.15) is 56.0 Å². The topological polar surface area (TPSA) is 40.6 Å². The van der Waals surface area contributed by atoms with Gasteiger partial charge in [0, 0.05) is 23.6 Å².